The molecule has 2 aromatic rings. The molecule has 0 saturated heterocycles. The van der Waals surface area contributed by atoms with Crippen molar-refractivity contribution in [2.24, 2.45) is 0 Å². The Morgan fingerprint density at radius 2 is 2.06 bits per heavy atom. The van der Waals surface area contributed by atoms with E-state index in [0.29, 0.717) is 10.3 Å². The summed E-state index contributed by atoms with van der Waals surface area (Å²) in [6.07, 6.45) is 3.04. The number of aryl methyl sites for hydroxylation is 1. The van der Waals surface area contributed by atoms with Gasteiger partial charge in [0.1, 0.15) is 5.52 Å². The van der Waals surface area contributed by atoms with Crippen LogP contribution in [0.3, 0.4) is 0 Å². The van der Waals surface area contributed by atoms with Crippen molar-refractivity contribution in [1.82, 2.24) is 9.97 Å². The second kappa shape index (κ2) is 4.67. The van der Waals surface area contributed by atoms with E-state index in [0.717, 1.165) is 30.3 Å². The molecule has 2 N–H and O–H groups in total. The maximum Gasteiger partial charge on any atom is 0.294 e. The molecule has 0 bridgehead atoms. The Hall–Kier alpha value is -1.69. The number of aromatic amines is 2. The molecule has 1 aromatic heterocycles. The van der Waals surface area contributed by atoms with Crippen LogP contribution in [0.15, 0.2) is 12.1 Å². The fraction of sp³-hybridized carbons (Fsp3) is 0.364. The average molecular weight is 251 g/mol. The van der Waals surface area contributed by atoms with E-state index in [4.69, 9.17) is 12.2 Å². The van der Waals surface area contributed by atoms with Crippen molar-refractivity contribution in [3.8, 4) is 0 Å². The number of unbranched alkanes of at least 4 members (excludes halogenated alkanes) is 1. The van der Waals surface area contributed by atoms with E-state index in [1.165, 1.54) is 6.07 Å². The van der Waals surface area contributed by atoms with Gasteiger partial charge in [0, 0.05) is 6.07 Å². The van der Waals surface area contributed by atoms with Gasteiger partial charge in [0.05, 0.1) is 10.4 Å². The third-order valence-corrected chi connectivity index (χ3v) is 2.95. The minimum atomic E-state index is -0.398. The van der Waals surface area contributed by atoms with Crippen molar-refractivity contribution >= 4 is 28.9 Å². The molecule has 0 radical (unpaired) electrons. The number of nitro benzene ring substituents is 1. The molecule has 0 aliphatic rings. The summed E-state index contributed by atoms with van der Waals surface area (Å²) in [4.78, 5) is 16.3. The summed E-state index contributed by atoms with van der Waals surface area (Å²) in [5.74, 6) is 0. The Balaban J connectivity index is 2.61. The van der Waals surface area contributed by atoms with E-state index in [-0.39, 0.29) is 5.69 Å². The second-order valence-corrected chi connectivity index (χ2v) is 4.34. The highest BCUT2D eigenvalue weighted by molar-refractivity contribution is 7.71. The molecule has 0 aliphatic carbocycles. The number of benzene rings is 1. The number of H-pyrrole nitrogens is 2. The molecule has 1 aromatic carbocycles. The molecule has 6 heteroatoms. The summed E-state index contributed by atoms with van der Waals surface area (Å²) < 4.78 is 0.423. The third-order valence-electron chi connectivity index (χ3n) is 2.74. The number of hydrogen-bond acceptors (Lipinski definition) is 3. The number of imidazole rings is 1. The highest BCUT2D eigenvalue weighted by Gasteiger charge is 2.15. The van der Waals surface area contributed by atoms with Crippen LogP contribution in [-0.2, 0) is 6.42 Å². The number of fused-ring (bicyclic) bond motifs is 1. The summed E-state index contributed by atoms with van der Waals surface area (Å²) >= 11 is 5.00. The zero-order valence-electron chi connectivity index (χ0n) is 9.45. The molecule has 2 rings (SSSR count). The summed E-state index contributed by atoms with van der Waals surface area (Å²) in [6.45, 7) is 2.11. The SMILES string of the molecule is CCCCc1ccc([N+](=O)[O-])c2[nH]c(=S)[nH]c12. The zero-order valence-corrected chi connectivity index (χ0v) is 10.3. The molecule has 0 saturated carbocycles. The standard InChI is InChI=1S/C11H13N3O2S/c1-2-3-4-7-5-6-8(14(15)16)10-9(7)12-11(17)13-10/h5-6H,2-4H2,1H3,(H2,12,13,17). The van der Waals surface area contributed by atoms with Crippen LogP contribution < -0.4 is 0 Å². The van der Waals surface area contributed by atoms with E-state index in [1.54, 1.807) is 6.07 Å². The molecule has 17 heavy (non-hydrogen) atoms. The Bertz CT molecular complexity index is 615. The highest BCUT2D eigenvalue weighted by atomic mass is 32.1. The average Bonchev–Trinajstić information content (AvgIpc) is 2.66. The molecular weight excluding hydrogens is 238 g/mol. The zero-order chi connectivity index (χ0) is 12.4. The van der Waals surface area contributed by atoms with Crippen LogP contribution in [-0.4, -0.2) is 14.9 Å². The number of non-ortho nitro benzene ring substituents is 1. The Labute approximate surface area is 103 Å². The number of aromatic nitrogens is 2. The molecule has 1 heterocycles. The van der Waals surface area contributed by atoms with Gasteiger partial charge in [-0.25, -0.2) is 0 Å². The van der Waals surface area contributed by atoms with Crippen LogP contribution in [0.4, 0.5) is 5.69 Å². The first-order chi connectivity index (χ1) is 8.13. The van der Waals surface area contributed by atoms with Crippen LogP contribution in [0.25, 0.3) is 11.0 Å². The lowest BCUT2D eigenvalue weighted by atomic mass is 10.1. The summed E-state index contributed by atoms with van der Waals surface area (Å²) in [6, 6.07) is 3.34. The van der Waals surface area contributed by atoms with Gasteiger partial charge in [-0.2, -0.15) is 0 Å². The number of nitrogens with zero attached hydrogens (tertiary/aromatic N) is 1. The number of nitro groups is 1. The fourth-order valence-corrected chi connectivity index (χ4v) is 2.09. The maximum absolute atomic E-state index is 10.9. The van der Waals surface area contributed by atoms with Crippen molar-refractivity contribution in [3.05, 3.63) is 32.6 Å². The van der Waals surface area contributed by atoms with Crippen LogP contribution in [0.1, 0.15) is 25.3 Å². The van der Waals surface area contributed by atoms with Crippen LogP contribution in [0, 0.1) is 14.9 Å². The first-order valence-electron chi connectivity index (χ1n) is 5.51. The molecule has 0 aliphatic heterocycles. The molecular formula is C11H13N3O2S. The Kier molecular flexibility index (Phi) is 3.23. The molecule has 0 fully saturated rings. The monoisotopic (exact) mass is 251 g/mol. The summed E-state index contributed by atoms with van der Waals surface area (Å²) in [5, 5.41) is 10.9. The summed E-state index contributed by atoms with van der Waals surface area (Å²) in [7, 11) is 0. The summed E-state index contributed by atoms with van der Waals surface area (Å²) in [5.41, 5.74) is 2.39. The lowest BCUT2D eigenvalue weighted by Crippen LogP contribution is -1.93. The molecule has 0 unspecified atom stereocenters. The predicted molar refractivity (Wildman–Crippen MR) is 68.7 cm³/mol. The van der Waals surface area contributed by atoms with E-state index >= 15 is 0 Å². The molecule has 90 valence electrons. The minimum Gasteiger partial charge on any atom is -0.330 e. The van der Waals surface area contributed by atoms with Crippen molar-refractivity contribution in [2.45, 2.75) is 26.2 Å². The first-order valence-corrected chi connectivity index (χ1v) is 5.92. The lowest BCUT2D eigenvalue weighted by Gasteiger charge is -2.02. The van der Waals surface area contributed by atoms with Gasteiger partial charge in [0.15, 0.2) is 4.77 Å². The maximum atomic E-state index is 10.9. The van der Waals surface area contributed by atoms with Crippen molar-refractivity contribution in [2.75, 3.05) is 0 Å². The van der Waals surface area contributed by atoms with Crippen molar-refractivity contribution in [3.63, 3.8) is 0 Å². The van der Waals surface area contributed by atoms with Gasteiger partial charge in [-0.05, 0) is 36.7 Å². The number of hydrogen-bond donors (Lipinski definition) is 2. The quantitative estimate of drug-likeness (QED) is 0.496. The molecule has 5 nitrogen and oxygen atoms in total. The van der Waals surface area contributed by atoms with Gasteiger partial charge in [-0.1, -0.05) is 13.3 Å². The van der Waals surface area contributed by atoms with E-state index in [2.05, 4.69) is 16.9 Å². The van der Waals surface area contributed by atoms with Crippen molar-refractivity contribution in [1.29, 1.82) is 0 Å². The lowest BCUT2D eigenvalue weighted by molar-refractivity contribution is -0.383. The molecule has 0 spiro atoms. The van der Waals surface area contributed by atoms with Crippen molar-refractivity contribution < 1.29 is 4.92 Å². The van der Waals surface area contributed by atoms with Gasteiger partial charge in [0.2, 0.25) is 0 Å². The van der Waals surface area contributed by atoms with E-state index in [9.17, 15) is 10.1 Å². The van der Waals surface area contributed by atoms with E-state index < -0.39 is 4.92 Å². The topological polar surface area (TPSA) is 74.7 Å². The smallest absolute Gasteiger partial charge is 0.294 e. The van der Waals surface area contributed by atoms with Gasteiger partial charge in [-0.3, -0.25) is 10.1 Å². The van der Waals surface area contributed by atoms with Crippen LogP contribution in [0.2, 0.25) is 0 Å². The fourth-order valence-electron chi connectivity index (χ4n) is 1.89. The van der Waals surface area contributed by atoms with Gasteiger partial charge >= 0.3 is 0 Å². The van der Waals surface area contributed by atoms with Gasteiger partial charge in [0.25, 0.3) is 5.69 Å². The van der Waals surface area contributed by atoms with E-state index in [1.807, 2.05) is 0 Å². The van der Waals surface area contributed by atoms with Crippen LogP contribution >= 0.6 is 12.2 Å². The van der Waals surface area contributed by atoms with Crippen LogP contribution in [0.5, 0.6) is 0 Å². The Morgan fingerprint density at radius 1 is 1.35 bits per heavy atom. The molecule has 0 atom stereocenters. The largest absolute Gasteiger partial charge is 0.330 e. The number of rotatable bonds is 4. The Morgan fingerprint density at radius 3 is 2.71 bits per heavy atom. The normalized spacial score (nSPS) is 10.9. The number of nitrogens with one attached hydrogen (secondary N) is 2. The third kappa shape index (κ3) is 2.21. The second-order valence-electron chi connectivity index (χ2n) is 3.93. The first kappa shape index (κ1) is 11.8. The predicted octanol–water partition coefficient (Wildman–Crippen LogP) is 3.48. The molecule has 0 amide bonds. The van der Waals surface area contributed by atoms with Gasteiger partial charge in [-0.15, -0.1) is 0 Å². The highest BCUT2D eigenvalue weighted by Crippen LogP contribution is 2.26. The van der Waals surface area contributed by atoms with Gasteiger partial charge < -0.3 is 9.97 Å². The minimum absolute atomic E-state index is 0.0626.